The van der Waals surface area contributed by atoms with Crippen molar-refractivity contribution >= 4 is 44.0 Å². The smallest absolute Gasteiger partial charge is 0.267 e. The van der Waals surface area contributed by atoms with Gasteiger partial charge in [0, 0.05) is 11.6 Å². The lowest BCUT2D eigenvalue weighted by Crippen LogP contribution is -2.16. The number of anilines is 2. The van der Waals surface area contributed by atoms with E-state index >= 15 is 4.39 Å². The number of rotatable bonds is 5. The second kappa shape index (κ2) is 8.17. The number of aromatic nitrogens is 3. The van der Waals surface area contributed by atoms with Crippen LogP contribution in [0.1, 0.15) is 0 Å². The first-order valence-corrected chi connectivity index (χ1v) is 10.8. The van der Waals surface area contributed by atoms with Crippen molar-refractivity contribution in [3.05, 3.63) is 65.6 Å². The van der Waals surface area contributed by atoms with E-state index < -0.39 is 37.8 Å². The van der Waals surface area contributed by atoms with E-state index in [1.54, 1.807) is 0 Å². The molecule has 0 spiro atoms. The van der Waals surface area contributed by atoms with E-state index in [0.29, 0.717) is 10.9 Å². The number of ether oxygens (including phenoxy) is 1. The van der Waals surface area contributed by atoms with Crippen LogP contribution < -0.4 is 15.2 Å². The Bertz CT molecular complexity index is 1470. The van der Waals surface area contributed by atoms with Gasteiger partial charge in [0.1, 0.15) is 18.0 Å². The number of nitrogens with two attached hydrogens (primary N) is 1. The topological polar surface area (TPSA) is 120 Å². The van der Waals surface area contributed by atoms with Crippen LogP contribution in [0.25, 0.3) is 22.0 Å². The van der Waals surface area contributed by atoms with Gasteiger partial charge in [-0.05, 0) is 35.9 Å². The van der Waals surface area contributed by atoms with Gasteiger partial charge in [0.25, 0.3) is 10.0 Å². The van der Waals surface area contributed by atoms with Crippen LogP contribution in [0.3, 0.4) is 0 Å². The van der Waals surface area contributed by atoms with Crippen molar-refractivity contribution in [3.63, 3.8) is 0 Å². The minimum Gasteiger partial charge on any atom is -0.480 e. The number of nitrogens with one attached hydrogen (secondary N) is 1. The van der Waals surface area contributed by atoms with Crippen molar-refractivity contribution in [3.8, 4) is 17.0 Å². The Hall–Kier alpha value is -3.57. The Kier molecular flexibility index (Phi) is 5.53. The second-order valence-electron chi connectivity index (χ2n) is 6.54. The van der Waals surface area contributed by atoms with Crippen LogP contribution in [0.2, 0.25) is 5.02 Å². The standard InChI is InChI=1S/C20H14ClF2N5O3S/c1-31-20-16(7-11(21)8-25-20)32(29,30)28-15-5-3-13(22)17(18(15)23)10-2-4-14-12(6-10)19(24)27-9-26-14/h2-9,28H,1H3,(H2,24,26,27). The molecule has 3 N–H and O–H groups in total. The number of nitrogen functional groups attached to an aromatic ring is 1. The van der Waals surface area contributed by atoms with Crippen molar-refractivity contribution in [2.75, 3.05) is 17.6 Å². The zero-order valence-corrected chi connectivity index (χ0v) is 17.9. The van der Waals surface area contributed by atoms with Gasteiger partial charge in [-0.25, -0.2) is 32.2 Å². The lowest BCUT2D eigenvalue weighted by Gasteiger charge is -2.14. The summed E-state index contributed by atoms with van der Waals surface area (Å²) in [6, 6.07) is 7.41. The normalized spacial score (nSPS) is 11.5. The summed E-state index contributed by atoms with van der Waals surface area (Å²) in [5.74, 6) is -2.13. The Morgan fingerprint density at radius 3 is 2.62 bits per heavy atom. The number of benzene rings is 2. The highest BCUT2D eigenvalue weighted by Gasteiger charge is 2.25. The average Bonchev–Trinajstić information content (AvgIpc) is 2.76. The summed E-state index contributed by atoms with van der Waals surface area (Å²) in [7, 11) is -3.16. The number of halogens is 3. The molecule has 0 fully saturated rings. The Morgan fingerprint density at radius 2 is 1.88 bits per heavy atom. The number of pyridine rings is 1. The van der Waals surface area contributed by atoms with Crippen molar-refractivity contribution in [2.24, 2.45) is 0 Å². The van der Waals surface area contributed by atoms with E-state index in [1.165, 1.54) is 37.8 Å². The van der Waals surface area contributed by atoms with E-state index in [-0.39, 0.29) is 22.3 Å². The first-order chi connectivity index (χ1) is 15.2. The van der Waals surface area contributed by atoms with E-state index in [2.05, 4.69) is 19.7 Å². The maximum atomic E-state index is 15.3. The molecule has 0 atom stereocenters. The number of fused-ring (bicyclic) bond motifs is 1. The van der Waals surface area contributed by atoms with Gasteiger partial charge < -0.3 is 10.5 Å². The van der Waals surface area contributed by atoms with Crippen molar-refractivity contribution < 1.29 is 21.9 Å². The molecule has 0 aliphatic rings. The number of sulfonamides is 1. The van der Waals surface area contributed by atoms with Gasteiger partial charge in [-0.1, -0.05) is 17.7 Å². The predicted octanol–water partition coefficient (Wildman–Crippen LogP) is 4.02. The van der Waals surface area contributed by atoms with Crippen LogP contribution in [0, 0.1) is 11.6 Å². The number of hydrogen-bond donors (Lipinski definition) is 2. The van der Waals surface area contributed by atoms with E-state index in [4.69, 9.17) is 22.1 Å². The molecule has 0 amide bonds. The maximum absolute atomic E-state index is 15.3. The fourth-order valence-corrected chi connectivity index (χ4v) is 4.51. The molecule has 12 heteroatoms. The molecule has 0 aliphatic carbocycles. The molecule has 4 rings (SSSR count). The molecule has 0 unspecified atom stereocenters. The van der Waals surface area contributed by atoms with Crippen LogP contribution in [-0.4, -0.2) is 30.5 Å². The molecule has 164 valence electrons. The van der Waals surface area contributed by atoms with Crippen LogP contribution in [0.15, 0.2) is 53.8 Å². The minimum absolute atomic E-state index is 0.0300. The molecular weight excluding hydrogens is 464 g/mol. The molecule has 0 saturated heterocycles. The largest absolute Gasteiger partial charge is 0.480 e. The van der Waals surface area contributed by atoms with Gasteiger partial charge in [0.2, 0.25) is 5.88 Å². The first kappa shape index (κ1) is 21.7. The molecule has 0 bridgehead atoms. The minimum atomic E-state index is -4.38. The Balaban J connectivity index is 1.81. The summed E-state index contributed by atoms with van der Waals surface area (Å²) in [4.78, 5) is 11.3. The highest BCUT2D eigenvalue weighted by atomic mass is 35.5. The number of hydrogen-bond acceptors (Lipinski definition) is 7. The molecule has 2 aromatic carbocycles. The fraction of sp³-hybridized carbons (Fsp3) is 0.0500. The summed E-state index contributed by atoms with van der Waals surface area (Å²) in [6.07, 6.45) is 2.47. The number of methoxy groups -OCH3 is 1. The van der Waals surface area contributed by atoms with Crippen LogP contribution >= 0.6 is 11.6 Å². The van der Waals surface area contributed by atoms with Crippen molar-refractivity contribution in [1.82, 2.24) is 15.0 Å². The monoisotopic (exact) mass is 477 g/mol. The van der Waals surface area contributed by atoms with Gasteiger partial charge in [-0.2, -0.15) is 0 Å². The lowest BCUT2D eigenvalue weighted by molar-refractivity contribution is 0.385. The molecule has 0 saturated carbocycles. The summed E-state index contributed by atoms with van der Waals surface area (Å²) in [5, 5.41) is 0.423. The first-order valence-electron chi connectivity index (χ1n) is 8.92. The molecule has 0 aliphatic heterocycles. The van der Waals surface area contributed by atoms with E-state index in [9.17, 15) is 12.8 Å². The quantitative estimate of drug-likeness (QED) is 0.445. The van der Waals surface area contributed by atoms with Crippen molar-refractivity contribution in [2.45, 2.75) is 4.90 Å². The molecular formula is C20H14ClF2N5O3S. The van der Waals surface area contributed by atoms with Gasteiger partial charge in [0.05, 0.1) is 28.9 Å². The highest BCUT2D eigenvalue weighted by molar-refractivity contribution is 7.92. The van der Waals surface area contributed by atoms with E-state index in [0.717, 1.165) is 18.2 Å². The Morgan fingerprint density at radius 1 is 1.09 bits per heavy atom. The second-order valence-corrected chi connectivity index (χ2v) is 8.63. The SMILES string of the molecule is COc1ncc(Cl)cc1S(=O)(=O)Nc1ccc(F)c(-c2ccc3ncnc(N)c3c2)c1F. The summed E-state index contributed by atoms with van der Waals surface area (Å²) in [6.45, 7) is 0. The third-order valence-electron chi connectivity index (χ3n) is 4.56. The summed E-state index contributed by atoms with van der Waals surface area (Å²) < 4.78 is 62.7. The molecule has 4 aromatic rings. The third kappa shape index (κ3) is 3.87. The lowest BCUT2D eigenvalue weighted by atomic mass is 10.0. The average molecular weight is 478 g/mol. The van der Waals surface area contributed by atoms with Crippen LogP contribution in [0.5, 0.6) is 5.88 Å². The third-order valence-corrected chi connectivity index (χ3v) is 6.12. The number of nitrogens with zero attached hydrogens (tertiary/aromatic N) is 3. The van der Waals surface area contributed by atoms with Crippen LogP contribution in [0.4, 0.5) is 20.3 Å². The van der Waals surface area contributed by atoms with Crippen LogP contribution in [-0.2, 0) is 10.0 Å². The van der Waals surface area contributed by atoms with Gasteiger partial charge in [-0.3, -0.25) is 4.72 Å². The van der Waals surface area contributed by atoms with Crippen molar-refractivity contribution in [1.29, 1.82) is 0 Å². The molecule has 2 heterocycles. The maximum Gasteiger partial charge on any atom is 0.267 e. The molecule has 8 nitrogen and oxygen atoms in total. The van der Waals surface area contributed by atoms with Gasteiger partial charge in [-0.15, -0.1) is 0 Å². The zero-order chi connectivity index (χ0) is 23.0. The van der Waals surface area contributed by atoms with Gasteiger partial charge >= 0.3 is 0 Å². The molecule has 32 heavy (non-hydrogen) atoms. The van der Waals surface area contributed by atoms with Gasteiger partial charge in [0.15, 0.2) is 10.7 Å². The highest BCUT2D eigenvalue weighted by Crippen LogP contribution is 2.34. The summed E-state index contributed by atoms with van der Waals surface area (Å²) in [5.41, 5.74) is 5.51. The fourth-order valence-electron chi connectivity index (χ4n) is 3.08. The Labute approximate surface area is 186 Å². The molecule has 0 radical (unpaired) electrons. The molecule has 2 aromatic heterocycles. The summed E-state index contributed by atoms with van der Waals surface area (Å²) >= 11 is 5.85. The predicted molar refractivity (Wildman–Crippen MR) is 116 cm³/mol. The van der Waals surface area contributed by atoms with E-state index in [1.807, 2.05) is 0 Å². The zero-order valence-electron chi connectivity index (χ0n) is 16.3.